The molecule has 1 N–H and O–H groups in total. The summed E-state index contributed by atoms with van der Waals surface area (Å²) in [6, 6.07) is 12.8. The molecular weight excluding hydrogens is 311 g/mol. The summed E-state index contributed by atoms with van der Waals surface area (Å²) in [7, 11) is 0. The van der Waals surface area contributed by atoms with Crippen LogP contribution in [0.3, 0.4) is 0 Å². The Morgan fingerprint density at radius 3 is 2.62 bits per heavy atom. The maximum Gasteiger partial charge on any atom is 0.204 e. The molecule has 1 aromatic heterocycles. The van der Waals surface area contributed by atoms with E-state index in [-0.39, 0.29) is 0 Å². The lowest BCUT2D eigenvalue weighted by molar-refractivity contribution is 0.306. The monoisotopic (exact) mass is 320 g/mol. The van der Waals surface area contributed by atoms with Crippen LogP contribution >= 0.6 is 23.2 Å². The van der Waals surface area contributed by atoms with Crippen molar-refractivity contribution in [1.29, 1.82) is 0 Å². The molecule has 0 bridgehead atoms. The van der Waals surface area contributed by atoms with Crippen molar-refractivity contribution in [2.45, 2.75) is 6.61 Å². The second-order valence-electron chi connectivity index (χ2n) is 4.26. The number of rotatable bonds is 4. The molecule has 106 valence electrons. The van der Waals surface area contributed by atoms with Crippen LogP contribution in [0, 0.1) is 0 Å². The van der Waals surface area contributed by atoms with Crippen LogP contribution in [0.25, 0.3) is 11.4 Å². The molecule has 1 heterocycles. The van der Waals surface area contributed by atoms with Crippen molar-refractivity contribution in [3.8, 4) is 17.1 Å². The molecule has 0 amide bonds. The Bertz CT molecular complexity index is 746. The minimum atomic E-state index is 0.348. The Kier molecular flexibility index (Phi) is 4.03. The Morgan fingerprint density at radius 2 is 1.90 bits per heavy atom. The number of hydrogen-bond acceptors (Lipinski definition) is 4. The summed E-state index contributed by atoms with van der Waals surface area (Å²) < 4.78 is 5.70. The van der Waals surface area contributed by atoms with Gasteiger partial charge in [0, 0.05) is 16.1 Å². The molecule has 0 radical (unpaired) electrons. The van der Waals surface area contributed by atoms with Crippen molar-refractivity contribution in [3.05, 3.63) is 58.1 Å². The van der Waals surface area contributed by atoms with Crippen molar-refractivity contribution in [1.82, 2.24) is 20.6 Å². The normalized spacial score (nSPS) is 10.6. The zero-order valence-electron chi connectivity index (χ0n) is 10.8. The maximum absolute atomic E-state index is 6.21. The minimum absolute atomic E-state index is 0.348. The second-order valence-corrected chi connectivity index (χ2v) is 5.08. The van der Waals surface area contributed by atoms with E-state index in [0.717, 1.165) is 11.1 Å². The van der Waals surface area contributed by atoms with Crippen molar-refractivity contribution in [3.63, 3.8) is 0 Å². The lowest BCUT2D eigenvalue weighted by Gasteiger charge is -2.09. The number of nitrogens with one attached hydrogen (secondary N) is 1. The highest BCUT2D eigenvalue weighted by molar-refractivity contribution is 6.32. The first-order valence-corrected chi connectivity index (χ1v) is 6.89. The molecule has 3 rings (SSSR count). The Morgan fingerprint density at radius 1 is 1.05 bits per heavy atom. The van der Waals surface area contributed by atoms with E-state index in [2.05, 4.69) is 20.6 Å². The molecule has 21 heavy (non-hydrogen) atoms. The second kappa shape index (κ2) is 6.11. The molecule has 7 heteroatoms. The number of aromatic amines is 1. The molecule has 0 atom stereocenters. The van der Waals surface area contributed by atoms with E-state index in [1.54, 1.807) is 12.1 Å². The highest BCUT2D eigenvalue weighted by Crippen LogP contribution is 2.29. The Labute approximate surface area is 130 Å². The van der Waals surface area contributed by atoms with Gasteiger partial charge in [0.05, 0.1) is 5.02 Å². The molecule has 5 nitrogen and oxygen atoms in total. The van der Waals surface area contributed by atoms with E-state index in [0.29, 0.717) is 28.2 Å². The first-order valence-electron chi connectivity index (χ1n) is 6.13. The van der Waals surface area contributed by atoms with Crippen LogP contribution in [0.5, 0.6) is 5.75 Å². The van der Waals surface area contributed by atoms with Gasteiger partial charge in [0.1, 0.15) is 12.4 Å². The highest BCUT2D eigenvalue weighted by Gasteiger charge is 2.08. The fraction of sp³-hybridized carbons (Fsp3) is 0.0714. The van der Waals surface area contributed by atoms with Crippen LogP contribution in [0.4, 0.5) is 0 Å². The van der Waals surface area contributed by atoms with Gasteiger partial charge >= 0.3 is 0 Å². The van der Waals surface area contributed by atoms with E-state index >= 15 is 0 Å². The van der Waals surface area contributed by atoms with Gasteiger partial charge in [-0.15, -0.1) is 10.2 Å². The predicted octanol–water partition coefficient (Wildman–Crippen LogP) is 3.75. The first kappa shape index (κ1) is 13.9. The number of hydrogen-bond donors (Lipinski definition) is 1. The number of aromatic nitrogens is 4. The topological polar surface area (TPSA) is 63.7 Å². The number of benzene rings is 2. The van der Waals surface area contributed by atoms with Crippen LogP contribution < -0.4 is 4.74 Å². The quantitative estimate of drug-likeness (QED) is 0.795. The lowest BCUT2D eigenvalue weighted by atomic mass is 10.2. The standard InChI is InChI=1S/C14H10Cl2N4O/c15-11-4-2-1-3-10(11)8-21-13-6-5-9(7-12(13)16)14-17-19-20-18-14/h1-7H,8H2,(H,17,18,19,20). The lowest BCUT2D eigenvalue weighted by Crippen LogP contribution is -1.97. The molecule has 0 aliphatic carbocycles. The summed E-state index contributed by atoms with van der Waals surface area (Å²) in [6.45, 7) is 0.348. The summed E-state index contributed by atoms with van der Waals surface area (Å²) in [5.74, 6) is 1.05. The largest absolute Gasteiger partial charge is 0.487 e. The van der Waals surface area contributed by atoms with Crippen molar-refractivity contribution >= 4 is 23.2 Å². The summed E-state index contributed by atoms with van der Waals surface area (Å²) in [5.41, 5.74) is 1.66. The average Bonchev–Trinajstić information content (AvgIpc) is 3.02. The molecule has 0 unspecified atom stereocenters. The number of ether oxygens (including phenoxy) is 1. The SMILES string of the molecule is Clc1ccccc1COc1ccc(-c2nn[nH]n2)cc1Cl. The Hall–Kier alpha value is -2.11. The van der Waals surface area contributed by atoms with Gasteiger partial charge in [0.15, 0.2) is 0 Å². The summed E-state index contributed by atoms with van der Waals surface area (Å²) >= 11 is 12.3. The molecule has 0 fully saturated rings. The summed E-state index contributed by atoms with van der Waals surface area (Å²) in [6.07, 6.45) is 0. The van der Waals surface area contributed by atoms with E-state index in [4.69, 9.17) is 27.9 Å². The number of H-pyrrole nitrogens is 1. The maximum atomic E-state index is 6.21. The van der Waals surface area contributed by atoms with Crippen molar-refractivity contribution in [2.24, 2.45) is 0 Å². The molecule has 0 saturated carbocycles. The highest BCUT2D eigenvalue weighted by atomic mass is 35.5. The average molecular weight is 321 g/mol. The predicted molar refractivity (Wildman–Crippen MR) is 80.4 cm³/mol. The van der Waals surface area contributed by atoms with Crippen LogP contribution in [0.15, 0.2) is 42.5 Å². The molecule has 0 spiro atoms. The van der Waals surface area contributed by atoms with Crippen molar-refractivity contribution in [2.75, 3.05) is 0 Å². The van der Waals surface area contributed by atoms with Gasteiger partial charge < -0.3 is 4.74 Å². The number of nitrogens with zero attached hydrogens (tertiary/aromatic N) is 3. The Balaban J connectivity index is 1.76. The van der Waals surface area contributed by atoms with Crippen LogP contribution in [-0.2, 0) is 6.61 Å². The third kappa shape index (κ3) is 3.15. The van der Waals surface area contributed by atoms with Gasteiger partial charge in [-0.25, -0.2) is 0 Å². The van der Waals surface area contributed by atoms with Gasteiger partial charge in [-0.1, -0.05) is 41.4 Å². The molecular formula is C14H10Cl2N4O. The molecule has 0 aliphatic heterocycles. The first-order chi connectivity index (χ1) is 10.2. The van der Waals surface area contributed by atoms with Gasteiger partial charge in [-0.3, -0.25) is 0 Å². The number of tetrazole rings is 1. The third-order valence-corrected chi connectivity index (χ3v) is 3.54. The van der Waals surface area contributed by atoms with E-state index in [9.17, 15) is 0 Å². The molecule has 0 aliphatic rings. The zero-order chi connectivity index (χ0) is 14.7. The smallest absolute Gasteiger partial charge is 0.204 e. The molecule has 0 saturated heterocycles. The zero-order valence-corrected chi connectivity index (χ0v) is 12.3. The van der Waals surface area contributed by atoms with Crippen LogP contribution in [0.2, 0.25) is 10.0 Å². The van der Waals surface area contributed by atoms with Crippen LogP contribution in [0.1, 0.15) is 5.56 Å². The van der Waals surface area contributed by atoms with E-state index in [1.807, 2.05) is 30.3 Å². The third-order valence-electron chi connectivity index (χ3n) is 2.88. The summed E-state index contributed by atoms with van der Waals surface area (Å²) in [4.78, 5) is 0. The van der Waals surface area contributed by atoms with E-state index < -0.39 is 0 Å². The molecule has 3 aromatic rings. The van der Waals surface area contributed by atoms with Crippen molar-refractivity contribution < 1.29 is 4.74 Å². The van der Waals surface area contributed by atoms with Gasteiger partial charge in [0.25, 0.3) is 0 Å². The number of halogens is 2. The van der Waals surface area contributed by atoms with Gasteiger partial charge in [-0.2, -0.15) is 5.21 Å². The van der Waals surface area contributed by atoms with Gasteiger partial charge in [-0.05, 0) is 29.5 Å². The fourth-order valence-electron chi connectivity index (χ4n) is 1.81. The van der Waals surface area contributed by atoms with Gasteiger partial charge in [0.2, 0.25) is 5.82 Å². The van der Waals surface area contributed by atoms with E-state index in [1.165, 1.54) is 0 Å². The minimum Gasteiger partial charge on any atom is -0.487 e. The summed E-state index contributed by atoms with van der Waals surface area (Å²) in [5, 5.41) is 14.8. The van der Waals surface area contributed by atoms with Crippen LogP contribution in [-0.4, -0.2) is 20.6 Å². The fourth-order valence-corrected chi connectivity index (χ4v) is 2.24. The molecule has 2 aromatic carbocycles.